The molecule has 3 heteroatoms. The topological polar surface area (TPSA) is 60.1 Å². The predicted octanol–water partition coefficient (Wildman–Crippen LogP) is 1.48. The maximum absolute atomic E-state index is 6.87. The Morgan fingerprint density at radius 2 is 2.33 bits per heavy atom. The Balaban J connectivity index is 3.44. The van der Waals surface area contributed by atoms with Crippen LogP contribution in [0.4, 0.5) is 0 Å². The molecule has 0 aromatic carbocycles. The van der Waals surface area contributed by atoms with Gasteiger partial charge in [-0.05, 0) is 6.42 Å². The Hall–Kier alpha value is -0.990. The molecule has 2 N–H and O–H groups in total. The molecule has 0 bridgehead atoms. The van der Waals surface area contributed by atoms with Crippen LogP contribution in [0.15, 0.2) is 4.99 Å². The fourth-order valence-corrected chi connectivity index (χ4v) is 0.329. The molecule has 0 fully saturated rings. The van der Waals surface area contributed by atoms with Gasteiger partial charge in [-0.15, -0.1) is 0 Å². The van der Waals surface area contributed by atoms with Gasteiger partial charge in [-0.2, -0.15) is 0 Å². The van der Waals surface area contributed by atoms with E-state index in [0.717, 1.165) is 19.1 Å². The second-order valence-corrected chi connectivity index (χ2v) is 1.63. The zero-order chi connectivity index (χ0) is 7.11. The Bertz CT molecular complexity index is 126. The number of hydrogen-bond acceptors (Lipinski definition) is 2. The van der Waals surface area contributed by atoms with Crippen LogP contribution in [0.3, 0.4) is 0 Å². The number of rotatable bonds is 3. The minimum atomic E-state index is 0.0171. The Kier molecular flexibility index (Phi) is 4.59. The Morgan fingerprint density at radius 1 is 1.67 bits per heavy atom. The minimum absolute atomic E-state index is 0.0171. The van der Waals surface area contributed by atoms with Gasteiger partial charge in [0.05, 0.1) is 6.21 Å². The number of aliphatic imine (C=N–C) groups is 1. The molecule has 0 aliphatic rings. The van der Waals surface area contributed by atoms with Crippen LogP contribution < -0.4 is 0 Å². The number of nitrogens with one attached hydrogen (secondary N) is 2. The van der Waals surface area contributed by atoms with E-state index < -0.39 is 0 Å². The SMILES string of the molecule is CCCC=NC(=N)C=N. The molecule has 0 aromatic heterocycles. The van der Waals surface area contributed by atoms with Crippen molar-refractivity contribution in [1.29, 1.82) is 10.8 Å². The highest BCUT2D eigenvalue weighted by molar-refractivity contribution is 6.28. The molecule has 0 atom stereocenters. The van der Waals surface area contributed by atoms with Crippen LogP contribution in [0.2, 0.25) is 0 Å². The second kappa shape index (κ2) is 5.15. The average molecular weight is 125 g/mol. The quantitative estimate of drug-likeness (QED) is 0.424. The summed E-state index contributed by atoms with van der Waals surface area (Å²) in [6.07, 6.45) is 4.50. The number of nitrogens with zero attached hydrogens (tertiary/aromatic N) is 1. The maximum Gasteiger partial charge on any atom is 0.162 e. The monoisotopic (exact) mass is 125 g/mol. The third-order valence-electron chi connectivity index (χ3n) is 0.785. The van der Waals surface area contributed by atoms with Crippen molar-refractivity contribution < 1.29 is 0 Å². The van der Waals surface area contributed by atoms with Gasteiger partial charge in [0.2, 0.25) is 0 Å². The molecule has 0 heterocycles. The van der Waals surface area contributed by atoms with Gasteiger partial charge in [-0.1, -0.05) is 13.3 Å². The molecule has 0 aliphatic heterocycles. The summed E-state index contributed by atoms with van der Waals surface area (Å²) in [5.74, 6) is 0.0171. The standard InChI is InChI=1S/C6H11N3/c1-2-3-4-9-6(8)5-7/h4-5,7-8H,2-3H2,1H3. The van der Waals surface area contributed by atoms with E-state index in [1.54, 1.807) is 6.21 Å². The molecule has 50 valence electrons. The van der Waals surface area contributed by atoms with Crippen molar-refractivity contribution in [2.45, 2.75) is 19.8 Å². The van der Waals surface area contributed by atoms with Gasteiger partial charge in [0.1, 0.15) is 0 Å². The van der Waals surface area contributed by atoms with E-state index in [2.05, 4.69) is 4.99 Å². The molecule has 3 nitrogen and oxygen atoms in total. The van der Waals surface area contributed by atoms with Crippen molar-refractivity contribution >= 4 is 18.3 Å². The molecule has 0 radical (unpaired) electrons. The first-order valence-corrected chi connectivity index (χ1v) is 2.92. The molecule has 0 aromatic rings. The predicted molar refractivity (Wildman–Crippen MR) is 39.9 cm³/mol. The summed E-state index contributed by atoms with van der Waals surface area (Å²) in [4.78, 5) is 3.65. The fourth-order valence-electron chi connectivity index (χ4n) is 0.329. The van der Waals surface area contributed by atoms with Crippen LogP contribution in [0.1, 0.15) is 19.8 Å². The lowest BCUT2D eigenvalue weighted by atomic mass is 10.4. The van der Waals surface area contributed by atoms with Gasteiger partial charge in [0, 0.05) is 6.21 Å². The largest absolute Gasteiger partial charge is 0.305 e. The molecule has 0 unspecified atom stereocenters. The van der Waals surface area contributed by atoms with Crippen molar-refractivity contribution in [2.24, 2.45) is 4.99 Å². The Morgan fingerprint density at radius 3 is 2.78 bits per heavy atom. The highest BCUT2D eigenvalue weighted by atomic mass is 14.8. The maximum atomic E-state index is 6.87. The molecule has 0 rings (SSSR count). The van der Waals surface area contributed by atoms with E-state index in [9.17, 15) is 0 Å². The normalized spacial score (nSPS) is 9.89. The molecule has 0 amide bonds. The van der Waals surface area contributed by atoms with E-state index in [0.29, 0.717) is 0 Å². The molecule has 0 spiro atoms. The van der Waals surface area contributed by atoms with Crippen LogP contribution in [0, 0.1) is 10.8 Å². The van der Waals surface area contributed by atoms with E-state index in [1.165, 1.54) is 0 Å². The van der Waals surface area contributed by atoms with Crippen molar-refractivity contribution in [3.8, 4) is 0 Å². The number of hydrogen-bond donors (Lipinski definition) is 2. The van der Waals surface area contributed by atoms with Crippen molar-refractivity contribution in [2.75, 3.05) is 0 Å². The fraction of sp³-hybridized carbons (Fsp3) is 0.500. The van der Waals surface area contributed by atoms with Crippen LogP contribution in [0.5, 0.6) is 0 Å². The summed E-state index contributed by atoms with van der Waals surface area (Å²) < 4.78 is 0. The first-order chi connectivity index (χ1) is 4.31. The zero-order valence-electron chi connectivity index (χ0n) is 5.52. The van der Waals surface area contributed by atoms with Crippen molar-refractivity contribution in [3.63, 3.8) is 0 Å². The summed E-state index contributed by atoms with van der Waals surface area (Å²) in [6.45, 7) is 2.04. The van der Waals surface area contributed by atoms with Crippen molar-refractivity contribution in [1.82, 2.24) is 0 Å². The lowest BCUT2D eigenvalue weighted by Crippen LogP contribution is -1.90. The highest BCUT2D eigenvalue weighted by Gasteiger charge is 1.79. The van der Waals surface area contributed by atoms with Crippen LogP contribution in [-0.4, -0.2) is 18.3 Å². The lowest BCUT2D eigenvalue weighted by molar-refractivity contribution is 1.01. The molecule has 0 aliphatic carbocycles. The Labute approximate surface area is 54.8 Å². The summed E-state index contributed by atoms with van der Waals surface area (Å²) in [7, 11) is 0. The summed E-state index contributed by atoms with van der Waals surface area (Å²) >= 11 is 0. The second-order valence-electron chi connectivity index (χ2n) is 1.63. The first kappa shape index (κ1) is 8.01. The minimum Gasteiger partial charge on any atom is -0.305 e. The number of amidine groups is 1. The molecular formula is C6H11N3. The van der Waals surface area contributed by atoms with E-state index in [4.69, 9.17) is 10.8 Å². The van der Waals surface area contributed by atoms with Gasteiger partial charge in [0.15, 0.2) is 5.84 Å². The smallest absolute Gasteiger partial charge is 0.162 e. The van der Waals surface area contributed by atoms with Gasteiger partial charge in [-0.25, -0.2) is 4.99 Å². The average Bonchev–Trinajstić information content (AvgIpc) is 1.89. The molecule has 9 heavy (non-hydrogen) atoms. The molecular weight excluding hydrogens is 114 g/mol. The van der Waals surface area contributed by atoms with Crippen LogP contribution in [-0.2, 0) is 0 Å². The molecule has 0 saturated heterocycles. The van der Waals surface area contributed by atoms with Gasteiger partial charge in [0.25, 0.3) is 0 Å². The third-order valence-corrected chi connectivity index (χ3v) is 0.785. The third kappa shape index (κ3) is 4.87. The zero-order valence-corrected chi connectivity index (χ0v) is 5.52. The van der Waals surface area contributed by atoms with Crippen LogP contribution >= 0.6 is 0 Å². The summed E-state index contributed by atoms with van der Waals surface area (Å²) in [6, 6.07) is 0. The van der Waals surface area contributed by atoms with E-state index in [1.807, 2.05) is 6.92 Å². The van der Waals surface area contributed by atoms with E-state index in [-0.39, 0.29) is 5.84 Å². The van der Waals surface area contributed by atoms with Gasteiger partial charge in [-0.3, -0.25) is 5.41 Å². The van der Waals surface area contributed by atoms with Crippen LogP contribution in [0.25, 0.3) is 0 Å². The van der Waals surface area contributed by atoms with Gasteiger partial charge >= 0.3 is 0 Å². The number of unbranched alkanes of at least 4 members (excludes halogenated alkanes) is 1. The highest BCUT2D eigenvalue weighted by Crippen LogP contribution is 1.80. The lowest BCUT2D eigenvalue weighted by Gasteiger charge is -1.83. The summed E-state index contributed by atoms with van der Waals surface area (Å²) in [5.41, 5.74) is 0. The summed E-state index contributed by atoms with van der Waals surface area (Å²) in [5, 5.41) is 13.5. The molecule has 0 saturated carbocycles. The van der Waals surface area contributed by atoms with E-state index >= 15 is 0 Å². The van der Waals surface area contributed by atoms with Gasteiger partial charge < -0.3 is 5.41 Å². The van der Waals surface area contributed by atoms with Crippen molar-refractivity contribution in [3.05, 3.63) is 0 Å². The first-order valence-electron chi connectivity index (χ1n) is 2.92.